The summed E-state index contributed by atoms with van der Waals surface area (Å²) in [6.07, 6.45) is 0.347. The minimum atomic E-state index is -5.34. The Hall–Kier alpha value is -1.77. The first-order chi connectivity index (χ1) is 9.55. The number of rotatable bonds is 6. The van der Waals surface area contributed by atoms with E-state index in [1.807, 2.05) is 0 Å². The van der Waals surface area contributed by atoms with Gasteiger partial charge in [-0.2, -0.15) is 13.2 Å². The van der Waals surface area contributed by atoms with E-state index >= 15 is 0 Å². The molecule has 9 heteroatoms. The molecule has 0 radical (unpaired) electrons. The molecule has 0 amide bonds. The average molecular weight is 325 g/mol. The quantitative estimate of drug-likeness (QED) is 0.868. The molecule has 1 aromatic carbocycles. The van der Waals surface area contributed by atoms with Gasteiger partial charge in [0.15, 0.2) is 0 Å². The number of sulfone groups is 1. The van der Waals surface area contributed by atoms with E-state index in [0.29, 0.717) is 18.7 Å². The van der Waals surface area contributed by atoms with Crippen molar-refractivity contribution >= 4 is 21.5 Å². The molecule has 0 atom stereocenters. The van der Waals surface area contributed by atoms with Gasteiger partial charge in [0, 0.05) is 25.7 Å². The largest absolute Gasteiger partial charge is 0.501 e. The summed E-state index contributed by atoms with van der Waals surface area (Å²) < 4.78 is 59.5. The number of carbonyl (C=O) groups is 1. The van der Waals surface area contributed by atoms with E-state index in [9.17, 15) is 26.4 Å². The predicted molar refractivity (Wildman–Crippen MR) is 69.8 cm³/mol. The van der Waals surface area contributed by atoms with E-state index in [1.54, 1.807) is 11.9 Å². The van der Waals surface area contributed by atoms with Crippen molar-refractivity contribution in [1.29, 1.82) is 0 Å². The smallest absolute Gasteiger partial charge is 0.481 e. The van der Waals surface area contributed by atoms with E-state index in [1.165, 1.54) is 12.1 Å². The Bertz CT molecular complexity index is 596. The van der Waals surface area contributed by atoms with Gasteiger partial charge in [-0.1, -0.05) is 0 Å². The number of carboxylic acids is 1. The third-order valence-electron chi connectivity index (χ3n) is 2.78. The van der Waals surface area contributed by atoms with Gasteiger partial charge >= 0.3 is 11.5 Å². The lowest BCUT2D eigenvalue weighted by Gasteiger charge is -2.19. The van der Waals surface area contributed by atoms with E-state index in [0.717, 1.165) is 12.1 Å². The first-order valence-corrected chi connectivity index (χ1v) is 7.38. The first kappa shape index (κ1) is 17.3. The van der Waals surface area contributed by atoms with Crippen LogP contribution in [-0.4, -0.2) is 38.6 Å². The zero-order valence-corrected chi connectivity index (χ0v) is 11.9. The molecule has 0 aromatic heterocycles. The number of hydrogen-bond acceptors (Lipinski definition) is 4. The van der Waals surface area contributed by atoms with Crippen LogP contribution < -0.4 is 4.90 Å². The zero-order chi connectivity index (χ0) is 16.3. The molecule has 118 valence electrons. The highest BCUT2D eigenvalue weighted by Gasteiger charge is 2.46. The van der Waals surface area contributed by atoms with E-state index in [2.05, 4.69) is 0 Å². The highest BCUT2D eigenvalue weighted by molar-refractivity contribution is 7.92. The summed E-state index contributed by atoms with van der Waals surface area (Å²) in [5, 5.41) is 8.51. The molecule has 21 heavy (non-hydrogen) atoms. The van der Waals surface area contributed by atoms with Crippen molar-refractivity contribution in [3.8, 4) is 0 Å². The Morgan fingerprint density at radius 1 is 1.24 bits per heavy atom. The maximum Gasteiger partial charge on any atom is 0.501 e. The van der Waals surface area contributed by atoms with Crippen molar-refractivity contribution in [2.75, 3.05) is 18.5 Å². The fourth-order valence-corrected chi connectivity index (χ4v) is 2.37. The van der Waals surface area contributed by atoms with Crippen LogP contribution in [-0.2, 0) is 14.6 Å². The van der Waals surface area contributed by atoms with Gasteiger partial charge in [-0.15, -0.1) is 0 Å². The highest BCUT2D eigenvalue weighted by atomic mass is 32.2. The maximum absolute atomic E-state index is 12.4. The van der Waals surface area contributed by atoms with Crippen LogP contribution in [0.1, 0.15) is 12.8 Å². The van der Waals surface area contributed by atoms with Gasteiger partial charge in [0.2, 0.25) is 0 Å². The van der Waals surface area contributed by atoms with Crippen molar-refractivity contribution in [1.82, 2.24) is 0 Å². The molecule has 0 saturated carbocycles. The molecule has 1 aromatic rings. The average Bonchev–Trinajstić information content (AvgIpc) is 2.37. The number of aliphatic carboxylic acids is 1. The maximum atomic E-state index is 12.4. The standard InChI is InChI=1S/C12H14F3NO4S/c1-16(8-2-3-11(17)18)9-4-6-10(7-5-9)21(19,20)12(13,14)15/h4-7H,2-3,8H2,1H3,(H,17,18). The second kappa shape index (κ2) is 6.33. The molecule has 1 rings (SSSR count). The molecule has 0 aliphatic rings. The summed E-state index contributed by atoms with van der Waals surface area (Å²) in [6, 6.07) is 4.26. The molecule has 0 bridgehead atoms. The Labute approximate surface area is 119 Å². The van der Waals surface area contributed by atoms with Crippen molar-refractivity contribution < 1.29 is 31.5 Å². The molecular formula is C12H14F3NO4S. The lowest BCUT2D eigenvalue weighted by Crippen LogP contribution is -2.23. The summed E-state index contributed by atoms with van der Waals surface area (Å²) in [5.41, 5.74) is -4.83. The van der Waals surface area contributed by atoms with Crippen LogP contribution in [0.4, 0.5) is 18.9 Å². The third kappa shape index (κ3) is 4.35. The molecule has 0 aliphatic heterocycles. The summed E-state index contributed by atoms with van der Waals surface area (Å²) in [6.45, 7) is 0.387. The van der Waals surface area contributed by atoms with Crippen molar-refractivity contribution in [2.24, 2.45) is 0 Å². The monoisotopic (exact) mass is 325 g/mol. The van der Waals surface area contributed by atoms with Crippen LogP contribution >= 0.6 is 0 Å². The molecule has 0 aliphatic carbocycles. The van der Waals surface area contributed by atoms with Gasteiger partial charge in [0.25, 0.3) is 9.84 Å². The van der Waals surface area contributed by atoms with Gasteiger partial charge in [0.05, 0.1) is 4.90 Å². The fourth-order valence-electron chi connectivity index (χ4n) is 1.61. The van der Waals surface area contributed by atoms with Gasteiger partial charge in [-0.3, -0.25) is 4.79 Å². The minimum Gasteiger partial charge on any atom is -0.481 e. The van der Waals surface area contributed by atoms with E-state index in [-0.39, 0.29) is 6.42 Å². The van der Waals surface area contributed by atoms with Crippen LogP contribution in [0.3, 0.4) is 0 Å². The number of halogens is 3. The lowest BCUT2D eigenvalue weighted by molar-refractivity contribution is -0.137. The molecule has 0 heterocycles. The molecule has 1 N–H and O–H groups in total. The SMILES string of the molecule is CN(CCCC(=O)O)c1ccc(S(=O)(=O)C(F)(F)F)cc1. The van der Waals surface area contributed by atoms with Gasteiger partial charge in [0.1, 0.15) is 0 Å². The van der Waals surface area contributed by atoms with Gasteiger partial charge < -0.3 is 10.0 Å². The third-order valence-corrected chi connectivity index (χ3v) is 4.28. The molecule has 0 saturated heterocycles. The van der Waals surface area contributed by atoms with Crippen LogP contribution in [0.2, 0.25) is 0 Å². The summed E-state index contributed by atoms with van der Waals surface area (Å²) in [7, 11) is -3.71. The minimum absolute atomic E-state index is 0.0229. The van der Waals surface area contributed by atoms with Crippen LogP contribution in [0.25, 0.3) is 0 Å². The molecule has 0 fully saturated rings. The van der Waals surface area contributed by atoms with Crippen LogP contribution in [0.15, 0.2) is 29.2 Å². The summed E-state index contributed by atoms with van der Waals surface area (Å²) in [5.74, 6) is -0.935. The second-order valence-corrected chi connectivity index (χ2v) is 6.30. The Balaban J connectivity index is 2.81. The topological polar surface area (TPSA) is 74.7 Å². The van der Waals surface area contributed by atoms with Crippen molar-refractivity contribution in [2.45, 2.75) is 23.2 Å². The number of benzene rings is 1. The van der Waals surface area contributed by atoms with E-state index in [4.69, 9.17) is 5.11 Å². The van der Waals surface area contributed by atoms with Gasteiger partial charge in [-0.05, 0) is 30.7 Å². The van der Waals surface area contributed by atoms with Crippen LogP contribution in [0.5, 0.6) is 0 Å². The zero-order valence-electron chi connectivity index (χ0n) is 11.1. The Kier molecular flexibility index (Phi) is 5.21. The number of anilines is 1. The first-order valence-electron chi connectivity index (χ1n) is 5.90. The summed E-state index contributed by atoms with van der Waals surface area (Å²) in [4.78, 5) is 11.2. The Morgan fingerprint density at radius 2 is 1.76 bits per heavy atom. The molecule has 0 unspecified atom stereocenters. The van der Waals surface area contributed by atoms with Crippen molar-refractivity contribution in [3.63, 3.8) is 0 Å². The van der Waals surface area contributed by atoms with Crippen LogP contribution in [0, 0.1) is 0 Å². The predicted octanol–water partition coefficient (Wildman–Crippen LogP) is 2.28. The fraction of sp³-hybridized carbons (Fsp3) is 0.417. The number of alkyl halides is 3. The van der Waals surface area contributed by atoms with Gasteiger partial charge in [-0.25, -0.2) is 8.42 Å². The van der Waals surface area contributed by atoms with E-state index < -0.39 is 26.2 Å². The summed E-state index contributed by atoms with van der Waals surface area (Å²) >= 11 is 0. The highest BCUT2D eigenvalue weighted by Crippen LogP contribution is 2.31. The second-order valence-electron chi connectivity index (χ2n) is 4.36. The lowest BCUT2D eigenvalue weighted by atomic mass is 10.2. The van der Waals surface area contributed by atoms with Crippen molar-refractivity contribution in [3.05, 3.63) is 24.3 Å². The molecular weight excluding hydrogens is 311 g/mol. The number of carboxylic acid groups (broad SMARTS) is 1. The number of nitrogens with zero attached hydrogens (tertiary/aromatic N) is 1. The molecule has 5 nitrogen and oxygen atoms in total. The Morgan fingerprint density at radius 3 is 2.19 bits per heavy atom. The number of hydrogen-bond donors (Lipinski definition) is 1. The molecule has 0 spiro atoms. The normalized spacial score (nSPS) is 12.2.